The zero-order valence-corrected chi connectivity index (χ0v) is 24.1. The first kappa shape index (κ1) is 27.5. The first-order chi connectivity index (χ1) is 20.3. The molecular formula is C32H26Cl2N4O4. The molecule has 0 spiro atoms. The number of rotatable bonds is 8. The van der Waals surface area contributed by atoms with Crippen LogP contribution in [0.3, 0.4) is 0 Å². The average molecular weight is 601 g/mol. The summed E-state index contributed by atoms with van der Waals surface area (Å²) in [6.45, 7) is 3.57. The van der Waals surface area contributed by atoms with Crippen LogP contribution >= 0.6 is 23.2 Å². The Morgan fingerprint density at radius 3 is 1.36 bits per heavy atom. The molecule has 0 saturated carbocycles. The van der Waals surface area contributed by atoms with Crippen molar-refractivity contribution in [3.8, 4) is 11.5 Å². The maximum atomic E-state index is 11.8. The predicted octanol–water partition coefficient (Wildman–Crippen LogP) is 8.55. The standard InChI is InChI=1S/C32H26Cl2N4O4/c1-17-15-25(37-41-17)35-29(21-11-5-7-13-23(21)33)27-19-9-3-4-10-20(19)28(32(40)31(27)39)30(22-12-6-8-14-24(22)34)36-26-16-18(2)42-38-26/h3-16,29-30,39-40H,1-2H3,(H,35,37)(H,36,38)/t29-,30-/m0/s1. The number of fused-ring (bicyclic) bond motifs is 1. The molecule has 8 nitrogen and oxygen atoms in total. The summed E-state index contributed by atoms with van der Waals surface area (Å²) in [5.41, 5.74) is 2.17. The summed E-state index contributed by atoms with van der Waals surface area (Å²) in [6.07, 6.45) is 0. The summed E-state index contributed by atoms with van der Waals surface area (Å²) in [6, 6.07) is 24.2. The fourth-order valence-corrected chi connectivity index (χ4v) is 5.73. The van der Waals surface area contributed by atoms with E-state index < -0.39 is 12.1 Å². The van der Waals surface area contributed by atoms with E-state index >= 15 is 0 Å². The van der Waals surface area contributed by atoms with Crippen LogP contribution in [-0.2, 0) is 0 Å². The summed E-state index contributed by atoms with van der Waals surface area (Å²) < 4.78 is 10.6. The highest BCUT2D eigenvalue weighted by Crippen LogP contribution is 2.50. The summed E-state index contributed by atoms with van der Waals surface area (Å²) in [4.78, 5) is 0. The summed E-state index contributed by atoms with van der Waals surface area (Å²) >= 11 is 13.4. The van der Waals surface area contributed by atoms with E-state index in [1.54, 1.807) is 38.1 Å². The molecule has 0 saturated heterocycles. The molecule has 0 unspecified atom stereocenters. The lowest BCUT2D eigenvalue weighted by atomic mass is 9.86. The molecular weight excluding hydrogens is 575 g/mol. The lowest BCUT2D eigenvalue weighted by molar-refractivity contribution is 0.393. The summed E-state index contributed by atoms with van der Waals surface area (Å²) in [5.74, 6) is 1.47. The van der Waals surface area contributed by atoms with Gasteiger partial charge in [-0.2, -0.15) is 0 Å². The van der Waals surface area contributed by atoms with Crippen molar-refractivity contribution in [1.29, 1.82) is 0 Å². The highest BCUT2D eigenvalue weighted by atomic mass is 35.5. The molecule has 212 valence electrons. The molecule has 2 aromatic heterocycles. The van der Waals surface area contributed by atoms with Crippen molar-refractivity contribution in [3.63, 3.8) is 0 Å². The van der Waals surface area contributed by atoms with Crippen molar-refractivity contribution in [3.05, 3.63) is 129 Å². The van der Waals surface area contributed by atoms with Gasteiger partial charge in [0.2, 0.25) is 0 Å². The van der Waals surface area contributed by atoms with Gasteiger partial charge in [0.25, 0.3) is 0 Å². The Morgan fingerprint density at radius 1 is 0.619 bits per heavy atom. The molecule has 0 fully saturated rings. The minimum Gasteiger partial charge on any atom is -0.504 e. The zero-order chi connectivity index (χ0) is 29.4. The van der Waals surface area contributed by atoms with Gasteiger partial charge in [0, 0.05) is 33.3 Å². The molecule has 0 aliphatic carbocycles. The van der Waals surface area contributed by atoms with Crippen LogP contribution in [0.15, 0.2) is 94.0 Å². The largest absolute Gasteiger partial charge is 0.504 e. The Bertz CT molecular complexity index is 1770. The SMILES string of the molecule is Cc1cc(N[C@@H](c2ccccc2Cl)c2c(O)c(O)c([C@@H](Nc3cc(C)on3)c3ccccc3Cl)c3ccccc23)no1. The van der Waals surface area contributed by atoms with Gasteiger partial charge in [-0.25, -0.2) is 0 Å². The quantitative estimate of drug-likeness (QED) is 0.128. The minimum atomic E-state index is -0.710. The predicted molar refractivity (Wildman–Crippen MR) is 164 cm³/mol. The third kappa shape index (κ3) is 5.11. The normalized spacial score (nSPS) is 12.8. The third-order valence-corrected chi connectivity index (χ3v) is 7.78. The molecule has 4 aromatic carbocycles. The molecule has 0 aliphatic heterocycles. The van der Waals surface area contributed by atoms with E-state index in [1.807, 2.05) is 60.7 Å². The number of benzene rings is 4. The lowest BCUT2D eigenvalue weighted by Crippen LogP contribution is -2.17. The molecule has 0 amide bonds. The molecule has 0 radical (unpaired) electrons. The van der Waals surface area contributed by atoms with Crippen molar-refractivity contribution >= 4 is 45.6 Å². The first-order valence-corrected chi connectivity index (χ1v) is 13.9. The van der Waals surface area contributed by atoms with E-state index in [4.69, 9.17) is 32.2 Å². The number of phenols is 2. The van der Waals surface area contributed by atoms with E-state index in [9.17, 15) is 10.2 Å². The summed E-state index contributed by atoms with van der Waals surface area (Å²) in [5, 5.41) is 40.9. The van der Waals surface area contributed by atoms with Crippen LogP contribution in [0.1, 0.15) is 45.9 Å². The van der Waals surface area contributed by atoms with Gasteiger partial charge in [-0.1, -0.05) is 94.2 Å². The number of aromatic nitrogens is 2. The topological polar surface area (TPSA) is 117 Å². The zero-order valence-electron chi connectivity index (χ0n) is 22.6. The Balaban J connectivity index is 1.61. The number of halogens is 2. The number of anilines is 2. The van der Waals surface area contributed by atoms with E-state index in [-0.39, 0.29) is 11.5 Å². The van der Waals surface area contributed by atoms with E-state index in [0.717, 1.165) is 0 Å². The van der Waals surface area contributed by atoms with Gasteiger partial charge in [0.05, 0.1) is 12.1 Å². The molecule has 0 bridgehead atoms. The fourth-order valence-electron chi connectivity index (χ4n) is 5.24. The minimum absolute atomic E-state index is 0.323. The van der Waals surface area contributed by atoms with Gasteiger partial charge in [0.15, 0.2) is 23.1 Å². The molecule has 10 heteroatoms. The monoisotopic (exact) mass is 600 g/mol. The van der Waals surface area contributed by atoms with Gasteiger partial charge < -0.3 is 29.9 Å². The second kappa shape index (κ2) is 11.3. The Kier molecular flexibility index (Phi) is 7.41. The number of hydrogen-bond donors (Lipinski definition) is 4. The van der Waals surface area contributed by atoms with Crippen LogP contribution in [0, 0.1) is 13.8 Å². The van der Waals surface area contributed by atoms with E-state index in [1.165, 1.54) is 0 Å². The highest BCUT2D eigenvalue weighted by molar-refractivity contribution is 6.31. The molecule has 2 atom stereocenters. The molecule has 0 aliphatic rings. The van der Waals surface area contributed by atoms with E-state index in [0.29, 0.717) is 66.2 Å². The smallest absolute Gasteiger partial charge is 0.170 e. The van der Waals surface area contributed by atoms with Crippen molar-refractivity contribution in [2.75, 3.05) is 10.6 Å². The van der Waals surface area contributed by atoms with Crippen LogP contribution in [0.2, 0.25) is 10.0 Å². The van der Waals surface area contributed by atoms with Gasteiger partial charge in [-0.05, 0) is 47.9 Å². The summed E-state index contributed by atoms with van der Waals surface area (Å²) in [7, 11) is 0. The van der Waals surface area contributed by atoms with Gasteiger partial charge in [-0.15, -0.1) is 0 Å². The van der Waals surface area contributed by atoms with Crippen LogP contribution < -0.4 is 10.6 Å². The number of hydrogen-bond acceptors (Lipinski definition) is 8. The molecule has 42 heavy (non-hydrogen) atoms. The van der Waals surface area contributed by atoms with Crippen LogP contribution in [0.4, 0.5) is 11.6 Å². The Labute approximate surface area is 251 Å². The number of nitrogens with one attached hydrogen (secondary N) is 2. The number of nitrogens with zero attached hydrogens (tertiary/aromatic N) is 2. The van der Waals surface area contributed by atoms with Crippen LogP contribution in [0.5, 0.6) is 11.5 Å². The maximum absolute atomic E-state index is 11.8. The number of aryl methyl sites for hydroxylation is 2. The second-order valence-electron chi connectivity index (χ2n) is 9.91. The van der Waals surface area contributed by atoms with Gasteiger partial charge >= 0.3 is 0 Å². The van der Waals surface area contributed by atoms with Crippen molar-refractivity contribution in [2.24, 2.45) is 0 Å². The van der Waals surface area contributed by atoms with Gasteiger partial charge in [0.1, 0.15) is 11.5 Å². The van der Waals surface area contributed by atoms with Gasteiger partial charge in [-0.3, -0.25) is 0 Å². The first-order valence-electron chi connectivity index (χ1n) is 13.2. The molecule has 2 heterocycles. The third-order valence-electron chi connectivity index (χ3n) is 7.09. The number of aromatic hydroxyl groups is 2. The maximum Gasteiger partial charge on any atom is 0.170 e. The Morgan fingerprint density at radius 2 is 1.00 bits per heavy atom. The molecule has 6 rings (SSSR count). The van der Waals surface area contributed by atoms with E-state index in [2.05, 4.69) is 20.9 Å². The van der Waals surface area contributed by atoms with Crippen molar-refractivity contribution in [1.82, 2.24) is 10.3 Å². The van der Waals surface area contributed by atoms with Crippen LogP contribution in [-0.4, -0.2) is 20.5 Å². The van der Waals surface area contributed by atoms with Crippen LogP contribution in [0.25, 0.3) is 10.8 Å². The second-order valence-corrected chi connectivity index (χ2v) is 10.7. The highest BCUT2D eigenvalue weighted by Gasteiger charge is 2.32. The lowest BCUT2D eigenvalue weighted by Gasteiger charge is -2.28. The van der Waals surface area contributed by atoms with Crippen molar-refractivity contribution < 1.29 is 19.3 Å². The molecule has 6 aromatic rings. The Hall–Kier alpha value is -4.66. The number of phenolic OH excluding ortho intramolecular Hbond substituents is 2. The van der Waals surface area contributed by atoms with Crippen molar-refractivity contribution in [2.45, 2.75) is 25.9 Å². The average Bonchev–Trinajstić information content (AvgIpc) is 3.59. The fraction of sp³-hybridized carbons (Fsp3) is 0.125. The molecule has 4 N–H and O–H groups in total.